The number of carbonyl (C=O) groups is 3. The van der Waals surface area contributed by atoms with Crippen LogP contribution in [0.2, 0.25) is 0 Å². The average molecular weight is 273 g/mol. The van der Waals surface area contributed by atoms with Crippen LogP contribution in [0.1, 0.15) is 6.42 Å². The van der Waals surface area contributed by atoms with E-state index in [2.05, 4.69) is 5.32 Å². The monoisotopic (exact) mass is 273 g/mol. The highest BCUT2D eigenvalue weighted by Crippen LogP contribution is 2.19. The van der Waals surface area contributed by atoms with Crippen LogP contribution in [0.3, 0.4) is 0 Å². The summed E-state index contributed by atoms with van der Waals surface area (Å²) in [4.78, 5) is 37.1. The lowest BCUT2D eigenvalue weighted by Crippen LogP contribution is -2.58. The SMILES string of the molecule is CN(C)C(=O)CN(C)C(=O)NC1(C(=O)O)CCOC1. The number of aliphatic carboxylic acids is 1. The molecule has 1 unspecified atom stereocenters. The van der Waals surface area contributed by atoms with Crippen LogP contribution in [0.5, 0.6) is 0 Å². The largest absolute Gasteiger partial charge is 0.479 e. The molecule has 0 aliphatic carbocycles. The Bertz CT molecular complexity index is 377. The van der Waals surface area contributed by atoms with E-state index in [0.29, 0.717) is 0 Å². The molecule has 108 valence electrons. The number of carbonyl (C=O) groups excluding carboxylic acids is 2. The van der Waals surface area contributed by atoms with Gasteiger partial charge >= 0.3 is 12.0 Å². The summed E-state index contributed by atoms with van der Waals surface area (Å²) in [5.41, 5.74) is -1.40. The normalized spacial score (nSPS) is 21.8. The van der Waals surface area contributed by atoms with Crippen LogP contribution in [0.4, 0.5) is 4.79 Å². The van der Waals surface area contributed by atoms with Crippen LogP contribution in [-0.4, -0.2) is 79.3 Å². The molecule has 1 saturated heterocycles. The van der Waals surface area contributed by atoms with Crippen molar-refractivity contribution in [3.05, 3.63) is 0 Å². The minimum Gasteiger partial charge on any atom is -0.479 e. The van der Waals surface area contributed by atoms with E-state index in [4.69, 9.17) is 4.74 Å². The zero-order valence-electron chi connectivity index (χ0n) is 11.3. The van der Waals surface area contributed by atoms with E-state index in [-0.39, 0.29) is 32.1 Å². The van der Waals surface area contributed by atoms with Crippen molar-refractivity contribution in [2.24, 2.45) is 0 Å². The minimum absolute atomic E-state index is 0.0659. The highest BCUT2D eigenvalue weighted by atomic mass is 16.5. The number of hydrogen-bond donors (Lipinski definition) is 2. The smallest absolute Gasteiger partial charge is 0.332 e. The molecule has 0 radical (unpaired) electrons. The van der Waals surface area contributed by atoms with Gasteiger partial charge in [-0.05, 0) is 0 Å². The summed E-state index contributed by atoms with van der Waals surface area (Å²) in [7, 11) is 4.59. The van der Waals surface area contributed by atoms with Gasteiger partial charge in [0.05, 0.1) is 6.61 Å². The van der Waals surface area contributed by atoms with Crippen LogP contribution in [0, 0.1) is 0 Å². The third kappa shape index (κ3) is 3.57. The molecule has 19 heavy (non-hydrogen) atoms. The van der Waals surface area contributed by atoms with E-state index >= 15 is 0 Å². The van der Waals surface area contributed by atoms with Gasteiger partial charge in [0.2, 0.25) is 5.91 Å². The molecular formula is C11H19N3O5. The van der Waals surface area contributed by atoms with Crippen LogP contribution < -0.4 is 5.32 Å². The number of rotatable bonds is 4. The van der Waals surface area contributed by atoms with Crippen molar-refractivity contribution in [3.63, 3.8) is 0 Å². The third-order valence-corrected chi connectivity index (χ3v) is 3.00. The fraction of sp³-hybridized carbons (Fsp3) is 0.727. The van der Waals surface area contributed by atoms with E-state index in [1.807, 2.05) is 0 Å². The Morgan fingerprint density at radius 3 is 2.37 bits per heavy atom. The maximum atomic E-state index is 11.9. The van der Waals surface area contributed by atoms with Crippen molar-refractivity contribution in [2.75, 3.05) is 40.9 Å². The number of nitrogens with zero attached hydrogens (tertiary/aromatic N) is 2. The van der Waals surface area contributed by atoms with Gasteiger partial charge in [-0.1, -0.05) is 0 Å². The molecular weight excluding hydrogens is 254 g/mol. The Morgan fingerprint density at radius 1 is 1.32 bits per heavy atom. The maximum Gasteiger partial charge on any atom is 0.332 e. The van der Waals surface area contributed by atoms with E-state index in [9.17, 15) is 19.5 Å². The Hall–Kier alpha value is -1.83. The van der Waals surface area contributed by atoms with Crippen LogP contribution >= 0.6 is 0 Å². The van der Waals surface area contributed by atoms with Crippen molar-refractivity contribution >= 4 is 17.9 Å². The molecule has 1 atom stereocenters. The van der Waals surface area contributed by atoms with Gasteiger partial charge in [-0.25, -0.2) is 9.59 Å². The standard InChI is InChI=1S/C11H19N3O5/c1-13(2)8(15)6-14(3)10(18)12-11(9(16)17)4-5-19-7-11/h4-7H2,1-3H3,(H,12,18)(H,16,17). The molecule has 1 rings (SSSR count). The highest BCUT2D eigenvalue weighted by molar-refractivity contribution is 5.88. The van der Waals surface area contributed by atoms with Crippen LogP contribution in [0.15, 0.2) is 0 Å². The quantitative estimate of drug-likeness (QED) is 0.681. The second-order valence-electron chi connectivity index (χ2n) is 4.76. The molecule has 1 fully saturated rings. The number of nitrogens with one attached hydrogen (secondary N) is 1. The van der Waals surface area contributed by atoms with Gasteiger partial charge in [0.15, 0.2) is 5.54 Å². The maximum absolute atomic E-state index is 11.9. The minimum atomic E-state index is -1.40. The van der Waals surface area contributed by atoms with Gasteiger partial charge < -0.3 is 25.0 Å². The summed E-state index contributed by atoms with van der Waals surface area (Å²) in [6, 6.07) is -0.608. The first-order valence-corrected chi connectivity index (χ1v) is 5.83. The van der Waals surface area contributed by atoms with Gasteiger partial charge in [0.25, 0.3) is 0 Å². The molecule has 3 amide bonds. The zero-order chi connectivity index (χ0) is 14.6. The van der Waals surface area contributed by atoms with Gasteiger partial charge in [0, 0.05) is 34.2 Å². The van der Waals surface area contributed by atoms with E-state index < -0.39 is 17.5 Å². The third-order valence-electron chi connectivity index (χ3n) is 3.00. The van der Waals surface area contributed by atoms with Crippen LogP contribution in [0.25, 0.3) is 0 Å². The Labute approximate surface area is 111 Å². The molecule has 0 aromatic rings. The molecule has 0 aromatic carbocycles. The number of ether oxygens (including phenoxy) is 1. The van der Waals surface area contributed by atoms with E-state index in [1.54, 1.807) is 14.1 Å². The lowest BCUT2D eigenvalue weighted by molar-refractivity contribution is -0.144. The molecule has 1 aliphatic heterocycles. The zero-order valence-corrected chi connectivity index (χ0v) is 11.3. The predicted molar refractivity (Wildman–Crippen MR) is 65.7 cm³/mol. The van der Waals surface area contributed by atoms with Gasteiger partial charge in [-0.15, -0.1) is 0 Å². The van der Waals surface area contributed by atoms with Crippen molar-refractivity contribution in [2.45, 2.75) is 12.0 Å². The van der Waals surface area contributed by atoms with E-state index in [0.717, 1.165) is 4.90 Å². The second-order valence-corrected chi connectivity index (χ2v) is 4.76. The highest BCUT2D eigenvalue weighted by Gasteiger charge is 2.44. The van der Waals surface area contributed by atoms with Crippen molar-refractivity contribution in [1.29, 1.82) is 0 Å². The molecule has 0 aromatic heterocycles. The average Bonchev–Trinajstić information content (AvgIpc) is 2.78. The molecule has 2 N–H and O–H groups in total. The number of carboxylic acid groups (broad SMARTS) is 1. The Kier molecular flexibility index (Phi) is 4.71. The number of hydrogen-bond acceptors (Lipinski definition) is 4. The first kappa shape index (κ1) is 15.2. The molecule has 1 aliphatic rings. The Morgan fingerprint density at radius 2 is 1.95 bits per heavy atom. The van der Waals surface area contributed by atoms with Gasteiger partial charge in [0.1, 0.15) is 6.54 Å². The topological polar surface area (TPSA) is 99.2 Å². The second kappa shape index (κ2) is 5.87. The fourth-order valence-corrected chi connectivity index (χ4v) is 1.60. The molecule has 1 heterocycles. The summed E-state index contributed by atoms with van der Waals surface area (Å²) >= 11 is 0. The summed E-state index contributed by atoms with van der Waals surface area (Å²) in [6.07, 6.45) is 0.212. The van der Waals surface area contributed by atoms with Crippen molar-refractivity contribution < 1.29 is 24.2 Å². The molecule has 0 saturated carbocycles. The molecule has 0 bridgehead atoms. The number of carboxylic acids is 1. The first-order chi connectivity index (χ1) is 8.78. The summed E-state index contributed by atoms with van der Waals surface area (Å²) in [6.45, 7) is 0.103. The van der Waals surface area contributed by atoms with Crippen molar-refractivity contribution in [3.8, 4) is 0 Å². The van der Waals surface area contributed by atoms with E-state index in [1.165, 1.54) is 11.9 Å². The van der Waals surface area contributed by atoms with Crippen molar-refractivity contribution in [1.82, 2.24) is 15.1 Å². The van der Waals surface area contributed by atoms with Gasteiger partial charge in [-0.3, -0.25) is 4.79 Å². The number of likely N-dealkylation sites (N-methyl/N-ethyl adjacent to an activating group) is 2. The van der Waals surface area contributed by atoms with Gasteiger partial charge in [-0.2, -0.15) is 0 Å². The number of amides is 3. The first-order valence-electron chi connectivity index (χ1n) is 5.83. The fourth-order valence-electron chi connectivity index (χ4n) is 1.60. The summed E-state index contributed by atoms with van der Waals surface area (Å²) in [5, 5.41) is 11.6. The molecule has 8 heteroatoms. The summed E-state index contributed by atoms with van der Waals surface area (Å²) in [5.74, 6) is -1.38. The van der Waals surface area contributed by atoms with Crippen LogP contribution in [-0.2, 0) is 14.3 Å². The molecule has 8 nitrogen and oxygen atoms in total. The Balaban J connectivity index is 2.62. The molecule has 0 spiro atoms. The lowest BCUT2D eigenvalue weighted by Gasteiger charge is -2.27. The number of urea groups is 1. The summed E-state index contributed by atoms with van der Waals surface area (Å²) < 4.78 is 5.03. The predicted octanol–water partition coefficient (Wildman–Crippen LogP) is -1.04. The lowest BCUT2D eigenvalue weighted by atomic mass is 9.99.